The van der Waals surface area contributed by atoms with Gasteiger partial charge < -0.3 is 15.0 Å². The molecule has 120 valence electrons. The first-order chi connectivity index (χ1) is 10.8. The van der Waals surface area contributed by atoms with Gasteiger partial charge in [0.2, 0.25) is 0 Å². The predicted octanol–water partition coefficient (Wildman–Crippen LogP) is 3.32. The Labute approximate surface area is 132 Å². The lowest BCUT2D eigenvalue weighted by Gasteiger charge is -2.41. The highest BCUT2D eigenvalue weighted by Crippen LogP contribution is 2.30. The van der Waals surface area contributed by atoms with Gasteiger partial charge in [-0.2, -0.15) is 0 Å². The number of piperidine rings is 1. The molecule has 0 radical (unpaired) electrons. The molecular weight excluding hydrogens is 276 g/mol. The van der Waals surface area contributed by atoms with Gasteiger partial charge in [0.25, 0.3) is 0 Å². The van der Waals surface area contributed by atoms with Crippen LogP contribution in [0.4, 0.5) is 4.79 Å². The Morgan fingerprint density at radius 3 is 2.64 bits per heavy atom. The van der Waals surface area contributed by atoms with Gasteiger partial charge in [0.05, 0.1) is 0 Å². The molecule has 2 aliphatic heterocycles. The summed E-state index contributed by atoms with van der Waals surface area (Å²) in [5.41, 5.74) is 1.31. The second-order valence-corrected chi connectivity index (χ2v) is 6.54. The molecule has 1 aromatic carbocycles. The molecule has 3 rings (SSSR count). The van der Waals surface area contributed by atoms with Gasteiger partial charge in [0.15, 0.2) is 0 Å². The van der Waals surface area contributed by atoms with Crippen molar-refractivity contribution >= 4 is 6.09 Å². The van der Waals surface area contributed by atoms with E-state index in [2.05, 4.69) is 5.32 Å². The number of rotatable bonds is 2. The molecule has 1 N–H and O–H groups in total. The van der Waals surface area contributed by atoms with Gasteiger partial charge in [-0.25, -0.2) is 4.79 Å². The zero-order valence-electron chi connectivity index (χ0n) is 13.2. The predicted molar refractivity (Wildman–Crippen MR) is 86.6 cm³/mol. The van der Waals surface area contributed by atoms with E-state index < -0.39 is 0 Å². The van der Waals surface area contributed by atoms with E-state index in [0.29, 0.717) is 6.61 Å². The van der Waals surface area contributed by atoms with E-state index in [9.17, 15) is 4.79 Å². The van der Waals surface area contributed by atoms with Crippen LogP contribution >= 0.6 is 0 Å². The van der Waals surface area contributed by atoms with Crippen molar-refractivity contribution in [2.75, 3.05) is 19.6 Å². The lowest BCUT2D eigenvalue weighted by molar-refractivity contribution is 0.0714. The summed E-state index contributed by atoms with van der Waals surface area (Å²) in [6.45, 7) is 3.10. The molecule has 2 aliphatic rings. The first-order valence-corrected chi connectivity index (χ1v) is 8.48. The lowest BCUT2D eigenvalue weighted by atomic mass is 9.84. The maximum Gasteiger partial charge on any atom is 0.410 e. The number of benzene rings is 1. The third kappa shape index (κ3) is 3.80. The van der Waals surface area contributed by atoms with Crippen LogP contribution in [0.15, 0.2) is 30.3 Å². The summed E-state index contributed by atoms with van der Waals surface area (Å²) in [4.78, 5) is 14.1. The van der Waals surface area contributed by atoms with Crippen molar-refractivity contribution in [1.82, 2.24) is 10.2 Å². The normalized spacial score (nSPS) is 21.4. The molecule has 0 unspecified atom stereocenters. The number of hydrogen-bond acceptors (Lipinski definition) is 3. The number of nitrogens with one attached hydrogen (secondary N) is 1. The van der Waals surface area contributed by atoms with E-state index in [4.69, 9.17) is 4.74 Å². The maximum atomic E-state index is 12.2. The van der Waals surface area contributed by atoms with Crippen molar-refractivity contribution in [3.63, 3.8) is 0 Å². The van der Waals surface area contributed by atoms with Gasteiger partial charge in [0, 0.05) is 18.6 Å². The van der Waals surface area contributed by atoms with E-state index in [-0.39, 0.29) is 11.6 Å². The van der Waals surface area contributed by atoms with E-state index >= 15 is 0 Å². The lowest BCUT2D eigenvalue weighted by Crippen LogP contribution is -2.54. The fourth-order valence-corrected chi connectivity index (χ4v) is 3.56. The van der Waals surface area contributed by atoms with Gasteiger partial charge in [-0.05, 0) is 37.8 Å². The molecule has 4 nitrogen and oxygen atoms in total. The number of ether oxygens (including phenoxy) is 1. The number of carbonyl (C=O) groups is 1. The Morgan fingerprint density at radius 2 is 1.86 bits per heavy atom. The van der Waals surface area contributed by atoms with Crippen LogP contribution in [0.2, 0.25) is 0 Å². The Hall–Kier alpha value is -1.55. The summed E-state index contributed by atoms with van der Waals surface area (Å²) in [6, 6.07) is 9.86. The molecule has 0 bridgehead atoms. The van der Waals surface area contributed by atoms with Crippen LogP contribution < -0.4 is 5.32 Å². The molecule has 0 atom stereocenters. The number of amides is 1. The SMILES string of the molecule is O=C(OCc1ccccc1)N1CCC2(CCCCCN2)CC1. The Kier molecular flexibility index (Phi) is 4.98. The molecule has 1 aromatic rings. The van der Waals surface area contributed by atoms with Crippen LogP contribution in [0, 0.1) is 0 Å². The molecular formula is C18H26N2O2. The van der Waals surface area contributed by atoms with Crippen LogP contribution in [-0.4, -0.2) is 36.2 Å². The monoisotopic (exact) mass is 302 g/mol. The van der Waals surface area contributed by atoms with Gasteiger partial charge >= 0.3 is 6.09 Å². The molecule has 2 heterocycles. The third-order valence-corrected chi connectivity index (χ3v) is 5.02. The number of hydrogen-bond donors (Lipinski definition) is 1. The molecule has 1 spiro atoms. The highest BCUT2D eigenvalue weighted by Gasteiger charge is 2.36. The summed E-state index contributed by atoms with van der Waals surface area (Å²) >= 11 is 0. The van der Waals surface area contributed by atoms with Gasteiger partial charge in [-0.3, -0.25) is 0 Å². The zero-order chi connectivity index (χ0) is 15.3. The highest BCUT2D eigenvalue weighted by atomic mass is 16.6. The topological polar surface area (TPSA) is 41.6 Å². The number of likely N-dealkylation sites (tertiary alicyclic amines) is 1. The molecule has 0 aliphatic carbocycles. The van der Waals surface area contributed by atoms with E-state index in [1.807, 2.05) is 35.2 Å². The van der Waals surface area contributed by atoms with Gasteiger partial charge in [-0.15, -0.1) is 0 Å². The first-order valence-electron chi connectivity index (χ1n) is 8.48. The average Bonchev–Trinajstić information content (AvgIpc) is 2.80. The second kappa shape index (κ2) is 7.14. The minimum absolute atomic E-state index is 0.174. The number of carbonyl (C=O) groups excluding carboxylic acids is 1. The summed E-state index contributed by atoms with van der Waals surface area (Å²) in [7, 11) is 0. The van der Waals surface area contributed by atoms with Crippen LogP contribution in [0.5, 0.6) is 0 Å². The highest BCUT2D eigenvalue weighted by molar-refractivity contribution is 5.67. The standard InChI is InChI=1S/C18H26N2O2/c21-17(22-15-16-7-3-1-4-8-16)20-13-10-18(11-14-20)9-5-2-6-12-19-18/h1,3-4,7-8,19H,2,5-6,9-15H2. The quantitative estimate of drug-likeness (QED) is 0.911. The molecule has 22 heavy (non-hydrogen) atoms. The van der Waals surface area contributed by atoms with Gasteiger partial charge in [0.1, 0.15) is 6.61 Å². The minimum Gasteiger partial charge on any atom is -0.445 e. The summed E-state index contributed by atoms with van der Waals surface area (Å²) in [6.07, 6.45) is 7.10. The van der Waals surface area contributed by atoms with Crippen molar-refractivity contribution in [2.24, 2.45) is 0 Å². The molecule has 1 amide bonds. The van der Waals surface area contributed by atoms with E-state index in [0.717, 1.165) is 38.0 Å². The van der Waals surface area contributed by atoms with Crippen LogP contribution in [-0.2, 0) is 11.3 Å². The Balaban J connectivity index is 1.47. The molecule has 2 fully saturated rings. The smallest absolute Gasteiger partial charge is 0.410 e. The zero-order valence-corrected chi connectivity index (χ0v) is 13.2. The molecule has 0 aromatic heterocycles. The summed E-state index contributed by atoms with van der Waals surface area (Å²) < 4.78 is 5.43. The second-order valence-electron chi connectivity index (χ2n) is 6.54. The Morgan fingerprint density at radius 1 is 1.09 bits per heavy atom. The van der Waals surface area contributed by atoms with Crippen molar-refractivity contribution in [3.05, 3.63) is 35.9 Å². The van der Waals surface area contributed by atoms with Crippen molar-refractivity contribution in [3.8, 4) is 0 Å². The fourth-order valence-electron chi connectivity index (χ4n) is 3.56. The van der Waals surface area contributed by atoms with E-state index in [1.54, 1.807) is 0 Å². The maximum absolute atomic E-state index is 12.2. The van der Waals surface area contributed by atoms with Crippen molar-refractivity contribution in [2.45, 2.75) is 50.7 Å². The van der Waals surface area contributed by atoms with E-state index in [1.165, 1.54) is 25.7 Å². The van der Waals surface area contributed by atoms with Gasteiger partial charge in [-0.1, -0.05) is 43.2 Å². The molecule has 2 saturated heterocycles. The number of nitrogens with zero attached hydrogens (tertiary/aromatic N) is 1. The van der Waals surface area contributed by atoms with Crippen LogP contribution in [0.1, 0.15) is 44.1 Å². The Bertz CT molecular complexity index is 471. The fraction of sp³-hybridized carbons (Fsp3) is 0.611. The molecule has 4 heteroatoms. The van der Waals surface area contributed by atoms with Crippen molar-refractivity contribution < 1.29 is 9.53 Å². The first kappa shape index (κ1) is 15.3. The largest absolute Gasteiger partial charge is 0.445 e. The van der Waals surface area contributed by atoms with Crippen LogP contribution in [0.25, 0.3) is 0 Å². The molecule has 0 saturated carbocycles. The van der Waals surface area contributed by atoms with Crippen molar-refractivity contribution in [1.29, 1.82) is 0 Å². The summed E-state index contributed by atoms with van der Waals surface area (Å²) in [5, 5.41) is 3.74. The average molecular weight is 302 g/mol. The summed E-state index contributed by atoms with van der Waals surface area (Å²) in [5.74, 6) is 0. The third-order valence-electron chi connectivity index (χ3n) is 5.02. The van der Waals surface area contributed by atoms with Crippen LogP contribution in [0.3, 0.4) is 0 Å². The minimum atomic E-state index is -0.174.